The molecular weight excluding hydrogens is 254 g/mol. The number of hydrogen-bond donors (Lipinski definition) is 0. The third-order valence-electron chi connectivity index (χ3n) is 3.10. The zero-order valence-corrected chi connectivity index (χ0v) is 12.2. The highest BCUT2D eigenvalue weighted by Gasteiger charge is 2.08. The number of thiophene rings is 1. The van der Waals surface area contributed by atoms with Crippen molar-refractivity contribution in [2.24, 2.45) is 0 Å². The van der Waals surface area contributed by atoms with Gasteiger partial charge in [0.1, 0.15) is 0 Å². The second-order valence-electron chi connectivity index (χ2n) is 4.86. The summed E-state index contributed by atoms with van der Waals surface area (Å²) in [4.78, 5) is 15.6. The largest absolute Gasteiger partial charge is 0.301 e. The van der Waals surface area contributed by atoms with Gasteiger partial charge in [-0.3, -0.25) is 4.79 Å². The Morgan fingerprint density at radius 3 is 2.58 bits per heavy atom. The lowest BCUT2D eigenvalue weighted by atomic mass is 10.1. The van der Waals surface area contributed by atoms with Gasteiger partial charge in [-0.15, -0.1) is 11.3 Å². The number of hydrogen-bond acceptors (Lipinski definition) is 3. The molecular formula is C16H19NOS. The molecule has 0 aliphatic carbocycles. The van der Waals surface area contributed by atoms with E-state index in [1.165, 1.54) is 10.4 Å². The van der Waals surface area contributed by atoms with Gasteiger partial charge < -0.3 is 4.90 Å². The normalized spacial score (nSPS) is 10.9. The fourth-order valence-electron chi connectivity index (χ4n) is 1.92. The summed E-state index contributed by atoms with van der Waals surface area (Å²) in [6, 6.07) is 12.0. The molecule has 1 heterocycles. The van der Waals surface area contributed by atoms with Crippen LogP contribution in [0.15, 0.2) is 41.8 Å². The molecule has 0 saturated heterocycles. The smallest absolute Gasteiger partial charge is 0.164 e. The van der Waals surface area contributed by atoms with Gasteiger partial charge >= 0.3 is 0 Å². The molecule has 1 aromatic carbocycles. The van der Waals surface area contributed by atoms with Gasteiger partial charge in [-0.2, -0.15) is 0 Å². The van der Waals surface area contributed by atoms with E-state index in [1.807, 2.05) is 31.2 Å². The summed E-state index contributed by atoms with van der Waals surface area (Å²) in [5.41, 5.74) is 2.00. The van der Waals surface area contributed by atoms with E-state index in [9.17, 15) is 4.79 Å². The van der Waals surface area contributed by atoms with Gasteiger partial charge in [0.05, 0.1) is 0 Å². The van der Waals surface area contributed by atoms with E-state index in [4.69, 9.17) is 0 Å². The van der Waals surface area contributed by atoms with E-state index in [2.05, 4.69) is 29.5 Å². The topological polar surface area (TPSA) is 20.3 Å². The molecule has 0 saturated carbocycles. The Balaban J connectivity index is 1.81. The second kappa shape index (κ2) is 6.64. The van der Waals surface area contributed by atoms with Crippen LogP contribution in [0.2, 0.25) is 0 Å². The first-order valence-electron chi connectivity index (χ1n) is 6.46. The van der Waals surface area contributed by atoms with Gasteiger partial charge in [-0.1, -0.05) is 35.9 Å². The first-order chi connectivity index (χ1) is 9.15. The van der Waals surface area contributed by atoms with Crippen LogP contribution in [0.5, 0.6) is 0 Å². The Labute approximate surface area is 118 Å². The minimum Gasteiger partial charge on any atom is -0.301 e. The van der Waals surface area contributed by atoms with Gasteiger partial charge in [-0.25, -0.2) is 0 Å². The number of rotatable bonds is 6. The van der Waals surface area contributed by atoms with Crippen molar-refractivity contribution in [2.45, 2.75) is 19.9 Å². The lowest BCUT2D eigenvalue weighted by Gasteiger charge is -2.14. The van der Waals surface area contributed by atoms with Gasteiger partial charge in [0.15, 0.2) is 5.78 Å². The molecule has 0 atom stereocenters. The standard InChI is InChI=1S/C16H19NOS/c1-13-5-7-14(8-6-13)16(18)9-10-17(2)12-15-4-3-11-19-15/h3-8,11H,9-10,12H2,1-2H3. The van der Waals surface area contributed by atoms with Crippen molar-refractivity contribution < 1.29 is 4.79 Å². The highest BCUT2D eigenvalue weighted by molar-refractivity contribution is 7.09. The van der Waals surface area contributed by atoms with Crippen LogP contribution in [0, 0.1) is 6.92 Å². The Hall–Kier alpha value is -1.45. The predicted octanol–water partition coefficient (Wildman–Crippen LogP) is 3.76. The van der Waals surface area contributed by atoms with Crippen LogP contribution in [-0.2, 0) is 6.54 Å². The van der Waals surface area contributed by atoms with Crippen LogP contribution in [0.25, 0.3) is 0 Å². The zero-order chi connectivity index (χ0) is 13.7. The molecule has 0 amide bonds. The average molecular weight is 273 g/mol. The van der Waals surface area contributed by atoms with Crippen LogP contribution in [-0.4, -0.2) is 24.3 Å². The number of nitrogens with zero attached hydrogens (tertiary/aromatic N) is 1. The zero-order valence-electron chi connectivity index (χ0n) is 11.4. The summed E-state index contributed by atoms with van der Waals surface area (Å²) in [5, 5.41) is 2.08. The monoisotopic (exact) mass is 273 g/mol. The molecule has 0 aliphatic heterocycles. The summed E-state index contributed by atoms with van der Waals surface area (Å²) in [7, 11) is 2.06. The van der Waals surface area contributed by atoms with Gasteiger partial charge in [0, 0.05) is 30.0 Å². The van der Waals surface area contributed by atoms with Crippen molar-refractivity contribution in [2.75, 3.05) is 13.6 Å². The minimum absolute atomic E-state index is 0.220. The molecule has 0 aliphatic rings. The fraction of sp³-hybridized carbons (Fsp3) is 0.312. The van der Waals surface area contributed by atoms with Gasteiger partial charge in [0.25, 0.3) is 0 Å². The summed E-state index contributed by atoms with van der Waals surface area (Å²) in [6.45, 7) is 3.74. The molecule has 1 aromatic heterocycles. The third-order valence-corrected chi connectivity index (χ3v) is 3.96. The molecule has 3 heteroatoms. The molecule has 0 radical (unpaired) electrons. The van der Waals surface area contributed by atoms with E-state index in [1.54, 1.807) is 11.3 Å². The van der Waals surface area contributed by atoms with Crippen molar-refractivity contribution in [3.05, 3.63) is 57.8 Å². The second-order valence-corrected chi connectivity index (χ2v) is 5.89. The van der Waals surface area contributed by atoms with E-state index < -0.39 is 0 Å². The maximum Gasteiger partial charge on any atom is 0.164 e. The van der Waals surface area contributed by atoms with Crippen molar-refractivity contribution in [3.8, 4) is 0 Å². The number of Topliss-reactive ketones (excluding diaryl/α,β-unsaturated/α-hetero) is 1. The molecule has 0 bridgehead atoms. The first-order valence-corrected chi connectivity index (χ1v) is 7.34. The maximum atomic E-state index is 12.0. The van der Waals surface area contributed by atoms with Crippen molar-refractivity contribution in [1.29, 1.82) is 0 Å². The first kappa shape index (κ1) is 14.0. The Morgan fingerprint density at radius 1 is 1.21 bits per heavy atom. The molecule has 2 rings (SSSR count). The lowest BCUT2D eigenvalue weighted by Crippen LogP contribution is -2.21. The Kier molecular flexibility index (Phi) is 4.88. The van der Waals surface area contributed by atoms with Crippen LogP contribution < -0.4 is 0 Å². The highest BCUT2D eigenvalue weighted by atomic mass is 32.1. The van der Waals surface area contributed by atoms with Crippen LogP contribution >= 0.6 is 11.3 Å². The Bertz CT molecular complexity index is 516. The van der Waals surface area contributed by atoms with Crippen molar-refractivity contribution in [3.63, 3.8) is 0 Å². The molecule has 2 nitrogen and oxygen atoms in total. The average Bonchev–Trinajstić information content (AvgIpc) is 2.89. The van der Waals surface area contributed by atoms with Crippen molar-refractivity contribution in [1.82, 2.24) is 4.90 Å². The number of benzene rings is 1. The van der Waals surface area contributed by atoms with Crippen LogP contribution in [0.3, 0.4) is 0 Å². The maximum absolute atomic E-state index is 12.0. The van der Waals surface area contributed by atoms with E-state index in [0.29, 0.717) is 6.42 Å². The number of ketones is 1. The summed E-state index contributed by atoms with van der Waals surface area (Å²) in [5.74, 6) is 0.220. The van der Waals surface area contributed by atoms with Gasteiger partial charge in [-0.05, 0) is 25.4 Å². The summed E-state index contributed by atoms with van der Waals surface area (Å²) in [6.07, 6.45) is 0.574. The number of carbonyl (C=O) groups excluding carboxylic acids is 1. The van der Waals surface area contributed by atoms with Crippen LogP contribution in [0.1, 0.15) is 27.2 Å². The predicted molar refractivity (Wildman–Crippen MR) is 80.8 cm³/mol. The van der Waals surface area contributed by atoms with E-state index in [-0.39, 0.29) is 5.78 Å². The SMILES string of the molecule is Cc1ccc(C(=O)CCN(C)Cc2cccs2)cc1. The van der Waals surface area contributed by atoms with E-state index in [0.717, 1.165) is 18.7 Å². The molecule has 100 valence electrons. The minimum atomic E-state index is 0.220. The summed E-state index contributed by atoms with van der Waals surface area (Å²) >= 11 is 1.76. The highest BCUT2D eigenvalue weighted by Crippen LogP contribution is 2.12. The Morgan fingerprint density at radius 2 is 1.95 bits per heavy atom. The van der Waals surface area contributed by atoms with Crippen molar-refractivity contribution >= 4 is 17.1 Å². The molecule has 0 unspecified atom stereocenters. The molecule has 2 aromatic rings. The molecule has 0 N–H and O–H groups in total. The quantitative estimate of drug-likeness (QED) is 0.747. The third kappa shape index (κ3) is 4.30. The lowest BCUT2D eigenvalue weighted by molar-refractivity contribution is 0.0968. The number of carbonyl (C=O) groups is 1. The van der Waals surface area contributed by atoms with Gasteiger partial charge in [0.2, 0.25) is 0 Å². The number of aryl methyl sites for hydroxylation is 1. The fourth-order valence-corrected chi connectivity index (χ4v) is 2.71. The molecule has 19 heavy (non-hydrogen) atoms. The molecule has 0 fully saturated rings. The van der Waals surface area contributed by atoms with Crippen LogP contribution in [0.4, 0.5) is 0 Å². The molecule has 0 spiro atoms. The summed E-state index contributed by atoms with van der Waals surface area (Å²) < 4.78 is 0. The van der Waals surface area contributed by atoms with E-state index >= 15 is 0 Å².